The molecule has 1 atom stereocenters. The summed E-state index contributed by atoms with van der Waals surface area (Å²) in [5.74, 6) is 1.86. The molecule has 2 N–H and O–H groups in total. The molecule has 0 spiro atoms. The maximum absolute atomic E-state index is 3.88. The highest BCUT2D eigenvalue weighted by molar-refractivity contribution is 5.09. The van der Waals surface area contributed by atoms with E-state index in [0.717, 1.165) is 11.8 Å². The molecule has 2 aliphatic rings. The number of rotatable bonds is 5. The Labute approximate surface area is 101 Å². The first kappa shape index (κ1) is 12.4. The van der Waals surface area contributed by atoms with Crippen molar-refractivity contribution in [2.24, 2.45) is 11.8 Å². The van der Waals surface area contributed by atoms with Crippen molar-refractivity contribution in [2.75, 3.05) is 6.54 Å². The van der Waals surface area contributed by atoms with Crippen molar-refractivity contribution in [1.82, 2.24) is 10.6 Å². The smallest absolute Gasteiger partial charge is 0.0227 e. The molecule has 0 radical (unpaired) electrons. The minimum absolute atomic E-state index is 0.473. The minimum atomic E-state index is 0.473. The van der Waals surface area contributed by atoms with Crippen LogP contribution in [0.25, 0.3) is 0 Å². The summed E-state index contributed by atoms with van der Waals surface area (Å²) in [6, 6.07) is 1.24. The quantitative estimate of drug-likeness (QED) is 0.750. The molecule has 94 valence electrons. The van der Waals surface area contributed by atoms with Gasteiger partial charge in [-0.2, -0.15) is 0 Å². The van der Waals surface area contributed by atoms with Gasteiger partial charge in [0.25, 0.3) is 0 Å². The average Bonchev–Trinajstić information content (AvgIpc) is 2.67. The highest BCUT2D eigenvalue weighted by atomic mass is 15.1. The van der Waals surface area contributed by atoms with Crippen LogP contribution in [-0.4, -0.2) is 24.2 Å². The zero-order valence-electron chi connectivity index (χ0n) is 11.3. The molecule has 0 saturated heterocycles. The van der Waals surface area contributed by atoms with E-state index in [1.807, 2.05) is 0 Å². The maximum atomic E-state index is 3.88. The Morgan fingerprint density at radius 1 is 1.06 bits per heavy atom. The van der Waals surface area contributed by atoms with Gasteiger partial charge in [0.05, 0.1) is 0 Å². The summed E-state index contributed by atoms with van der Waals surface area (Å²) in [7, 11) is 0. The van der Waals surface area contributed by atoms with Crippen LogP contribution in [0.3, 0.4) is 0 Å². The summed E-state index contributed by atoms with van der Waals surface area (Å²) in [5, 5.41) is 7.53. The van der Waals surface area contributed by atoms with Gasteiger partial charge in [0.1, 0.15) is 0 Å². The van der Waals surface area contributed by atoms with Crippen molar-refractivity contribution < 1.29 is 0 Å². The summed E-state index contributed by atoms with van der Waals surface area (Å²) >= 11 is 0. The lowest BCUT2D eigenvalue weighted by Crippen LogP contribution is -2.52. The van der Waals surface area contributed by atoms with Crippen LogP contribution in [0.2, 0.25) is 0 Å². The zero-order chi connectivity index (χ0) is 11.8. The van der Waals surface area contributed by atoms with Gasteiger partial charge in [-0.1, -0.05) is 27.7 Å². The van der Waals surface area contributed by atoms with E-state index >= 15 is 0 Å². The molecule has 0 aromatic carbocycles. The molecule has 2 aliphatic carbocycles. The van der Waals surface area contributed by atoms with E-state index in [2.05, 4.69) is 38.3 Å². The molecule has 0 aromatic rings. The average molecular weight is 224 g/mol. The first-order chi connectivity index (χ1) is 7.53. The molecule has 2 heteroatoms. The van der Waals surface area contributed by atoms with Crippen molar-refractivity contribution in [3.05, 3.63) is 0 Å². The van der Waals surface area contributed by atoms with Gasteiger partial charge in [0, 0.05) is 24.2 Å². The van der Waals surface area contributed by atoms with Crippen LogP contribution in [-0.2, 0) is 0 Å². The molecule has 1 unspecified atom stereocenters. The zero-order valence-corrected chi connectivity index (χ0v) is 11.3. The predicted molar refractivity (Wildman–Crippen MR) is 69.6 cm³/mol. The normalized spacial score (nSPS) is 37.9. The van der Waals surface area contributed by atoms with Gasteiger partial charge in [-0.05, 0) is 37.5 Å². The van der Waals surface area contributed by atoms with Crippen LogP contribution in [0.4, 0.5) is 0 Å². The minimum Gasteiger partial charge on any atom is -0.314 e. The standard InChI is InChI=1S/C14H28N2/c1-10(2)15-9-13-12-5-7-14(13,8-6-12)16-11(3)4/h10-13,15-16H,5-9H2,1-4H3. The maximum Gasteiger partial charge on any atom is 0.0227 e. The Bertz CT molecular complexity index is 227. The molecule has 2 bridgehead atoms. The Morgan fingerprint density at radius 3 is 2.19 bits per heavy atom. The van der Waals surface area contributed by atoms with Crippen molar-refractivity contribution in [3.63, 3.8) is 0 Å². The van der Waals surface area contributed by atoms with Gasteiger partial charge in [-0.15, -0.1) is 0 Å². The van der Waals surface area contributed by atoms with Crippen LogP contribution >= 0.6 is 0 Å². The summed E-state index contributed by atoms with van der Waals surface area (Å²) in [5.41, 5.74) is 0.473. The van der Waals surface area contributed by atoms with Crippen molar-refractivity contribution >= 4 is 0 Å². The lowest BCUT2D eigenvalue weighted by atomic mass is 9.87. The van der Waals surface area contributed by atoms with Crippen molar-refractivity contribution in [2.45, 2.75) is 71.0 Å². The fourth-order valence-corrected chi connectivity index (χ4v) is 3.93. The summed E-state index contributed by atoms with van der Waals surface area (Å²) in [6.07, 6.45) is 5.70. The van der Waals surface area contributed by atoms with Crippen LogP contribution in [0, 0.1) is 11.8 Å². The molecule has 0 aliphatic heterocycles. The fraction of sp³-hybridized carbons (Fsp3) is 1.00. The number of hydrogen-bond acceptors (Lipinski definition) is 2. The number of fused-ring (bicyclic) bond motifs is 2. The predicted octanol–water partition coefficient (Wildman–Crippen LogP) is 2.54. The Hall–Kier alpha value is -0.0800. The van der Waals surface area contributed by atoms with E-state index in [0.29, 0.717) is 17.6 Å². The molecule has 0 amide bonds. The van der Waals surface area contributed by atoms with E-state index in [-0.39, 0.29) is 0 Å². The van der Waals surface area contributed by atoms with Crippen LogP contribution in [0.5, 0.6) is 0 Å². The van der Waals surface area contributed by atoms with Crippen LogP contribution in [0.1, 0.15) is 53.4 Å². The second kappa shape index (κ2) is 4.66. The van der Waals surface area contributed by atoms with Gasteiger partial charge < -0.3 is 10.6 Å². The monoisotopic (exact) mass is 224 g/mol. The van der Waals surface area contributed by atoms with E-state index in [1.54, 1.807) is 0 Å². The van der Waals surface area contributed by atoms with E-state index < -0.39 is 0 Å². The fourth-order valence-electron chi connectivity index (χ4n) is 3.93. The molecule has 2 fully saturated rings. The van der Waals surface area contributed by atoms with E-state index in [1.165, 1.54) is 32.2 Å². The van der Waals surface area contributed by atoms with Gasteiger partial charge >= 0.3 is 0 Å². The lowest BCUT2D eigenvalue weighted by Gasteiger charge is -2.36. The van der Waals surface area contributed by atoms with Gasteiger partial charge in [0.2, 0.25) is 0 Å². The van der Waals surface area contributed by atoms with Crippen molar-refractivity contribution in [3.8, 4) is 0 Å². The molecular formula is C14H28N2. The SMILES string of the molecule is CC(C)NCC1C2CCC1(NC(C)C)CC2. The second-order valence-electron chi connectivity index (χ2n) is 6.46. The van der Waals surface area contributed by atoms with Crippen molar-refractivity contribution in [1.29, 1.82) is 0 Å². The third kappa shape index (κ3) is 2.28. The Kier molecular flexibility index (Phi) is 3.60. The first-order valence-electron chi connectivity index (χ1n) is 7.04. The molecular weight excluding hydrogens is 196 g/mol. The third-order valence-electron chi connectivity index (χ3n) is 4.52. The topological polar surface area (TPSA) is 24.1 Å². The third-order valence-corrected chi connectivity index (χ3v) is 4.52. The highest BCUT2D eigenvalue weighted by Gasteiger charge is 2.52. The summed E-state index contributed by atoms with van der Waals surface area (Å²) < 4.78 is 0. The van der Waals surface area contributed by atoms with E-state index in [9.17, 15) is 0 Å². The molecule has 2 saturated carbocycles. The number of hydrogen-bond donors (Lipinski definition) is 2. The molecule has 2 rings (SSSR count). The summed E-state index contributed by atoms with van der Waals surface area (Å²) in [4.78, 5) is 0. The van der Waals surface area contributed by atoms with Gasteiger partial charge in [0.15, 0.2) is 0 Å². The lowest BCUT2D eigenvalue weighted by molar-refractivity contribution is 0.235. The molecule has 2 nitrogen and oxygen atoms in total. The van der Waals surface area contributed by atoms with Gasteiger partial charge in [-0.3, -0.25) is 0 Å². The molecule has 0 aromatic heterocycles. The first-order valence-corrected chi connectivity index (χ1v) is 7.04. The van der Waals surface area contributed by atoms with Gasteiger partial charge in [-0.25, -0.2) is 0 Å². The molecule has 0 heterocycles. The highest BCUT2D eigenvalue weighted by Crippen LogP contribution is 2.52. The Morgan fingerprint density at radius 2 is 1.69 bits per heavy atom. The number of nitrogens with one attached hydrogen (secondary N) is 2. The van der Waals surface area contributed by atoms with Crippen LogP contribution in [0.15, 0.2) is 0 Å². The Balaban J connectivity index is 1.99. The largest absolute Gasteiger partial charge is 0.314 e. The van der Waals surface area contributed by atoms with Crippen LogP contribution < -0.4 is 10.6 Å². The second-order valence-corrected chi connectivity index (χ2v) is 6.46. The van der Waals surface area contributed by atoms with E-state index in [4.69, 9.17) is 0 Å². The summed E-state index contributed by atoms with van der Waals surface area (Å²) in [6.45, 7) is 10.3. The molecule has 16 heavy (non-hydrogen) atoms.